The highest BCUT2D eigenvalue weighted by molar-refractivity contribution is 14.1. The van der Waals surface area contributed by atoms with Crippen molar-refractivity contribution in [1.82, 2.24) is 4.57 Å². The smallest absolute Gasteiger partial charge is 0.344 e. The van der Waals surface area contributed by atoms with E-state index in [1.54, 1.807) is 39.0 Å². The molecule has 13 heteroatoms. The lowest BCUT2D eigenvalue weighted by Crippen LogP contribution is -2.40. The standard InChI is InChI=1S/C31H32I2N2O8S/c1-7-40-25(36)15-42-28-19(11-20(32)14-21(28)33)13-24-29(37)35-27(18-9-10-22(43-16(3)4)23(12-18)39-6)26(30(38)41-8-2)17(5)34-31(35)44-24/h9-14,16,27H,7-8,15H2,1-6H3/b24-13+/t27-/m0/s1. The van der Waals surface area contributed by atoms with Crippen LogP contribution >= 0.6 is 56.5 Å². The Bertz CT molecular complexity index is 1790. The molecule has 0 fully saturated rings. The van der Waals surface area contributed by atoms with E-state index in [2.05, 4.69) is 50.2 Å². The predicted molar refractivity (Wildman–Crippen MR) is 183 cm³/mol. The summed E-state index contributed by atoms with van der Waals surface area (Å²) in [7, 11) is 1.54. The zero-order valence-electron chi connectivity index (χ0n) is 25.1. The van der Waals surface area contributed by atoms with Gasteiger partial charge in [0, 0.05) is 9.13 Å². The maximum absolute atomic E-state index is 14.2. The quantitative estimate of drug-likeness (QED) is 0.201. The largest absolute Gasteiger partial charge is 0.493 e. The molecule has 4 rings (SSSR count). The minimum Gasteiger partial charge on any atom is -0.493 e. The number of methoxy groups -OCH3 is 1. The normalized spacial score (nSPS) is 14.7. The molecule has 1 aliphatic heterocycles. The predicted octanol–water partition coefficient (Wildman–Crippen LogP) is 4.75. The molecule has 0 spiro atoms. The van der Waals surface area contributed by atoms with Crippen LogP contribution in [-0.2, 0) is 19.1 Å². The highest BCUT2D eigenvalue weighted by Crippen LogP contribution is 2.36. The van der Waals surface area contributed by atoms with Crippen LogP contribution in [0, 0.1) is 7.14 Å². The molecule has 0 saturated heterocycles. The average molecular weight is 846 g/mol. The van der Waals surface area contributed by atoms with Crippen LogP contribution in [0.15, 0.2) is 51.4 Å². The lowest BCUT2D eigenvalue weighted by atomic mass is 9.95. The third-order valence-electron chi connectivity index (χ3n) is 6.35. The van der Waals surface area contributed by atoms with Gasteiger partial charge in [-0.3, -0.25) is 9.36 Å². The molecule has 3 aromatic rings. The molecule has 44 heavy (non-hydrogen) atoms. The lowest BCUT2D eigenvalue weighted by Gasteiger charge is -2.25. The molecule has 1 aliphatic rings. The van der Waals surface area contributed by atoms with E-state index < -0.39 is 18.0 Å². The molecule has 1 aromatic heterocycles. The van der Waals surface area contributed by atoms with Crippen molar-refractivity contribution in [2.24, 2.45) is 4.99 Å². The Balaban J connectivity index is 1.92. The number of esters is 2. The highest BCUT2D eigenvalue weighted by Gasteiger charge is 2.34. The molecule has 0 aliphatic carbocycles. The number of carbonyl (C=O) groups excluding carboxylic acids is 2. The van der Waals surface area contributed by atoms with E-state index in [-0.39, 0.29) is 37.1 Å². The fourth-order valence-corrected chi connectivity index (χ4v) is 7.71. The fraction of sp³-hybridized carbons (Fsp3) is 0.355. The number of aromatic nitrogens is 1. The first-order chi connectivity index (χ1) is 21.0. The summed E-state index contributed by atoms with van der Waals surface area (Å²) in [5, 5.41) is 0. The van der Waals surface area contributed by atoms with E-state index in [9.17, 15) is 14.4 Å². The molecule has 10 nitrogen and oxygen atoms in total. The number of rotatable bonds is 11. The first-order valence-electron chi connectivity index (χ1n) is 13.8. The van der Waals surface area contributed by atoms with E-state index in [1.165, 1.54) is 23.0 Å². The number of thiazole rings is 1. The number of halogens is 2. The van der Waals surface area contributed by atoms with Gasteiger partial charge in [-0.2, -0.15) is 0 Å². The molecule has 2 heterocycles. The molecule has 0 N–H and O–H groups in total. The Labute approximate surface area is 286 Å². The van der Waals surface area contributed by atoms with Crippen LogP contribution in [0.4, 0.5) is 0 Å². The third-order valence-corrected chi connectivity index (χ3v) is 8.75. The number of ether oxygens (including phenoxy) is 5. The number of hydrogen-bond donors (Lipinski definition) is 0. The van der Waals surface area contributed by atoms with Crippen LogP contribution in [0.25, 0.3) is 6.08 Å². The molecule has 0 saturated carbocycles. The number of benzene rings is 2. The van der Waals surface area contributed by atoms with Gasteiger partial charge in [-0.05, 0) is 116 Å². The van der Waals surface area contributed by atoms with Crippen molar-refractivity contribution in [2.75, 3.05) is 26.9 Å². The Morgan fingerprint density at radius 2 is 1.82 bits per heavy atom. The molecule has 0 amide bonds. The minimum absolute atomic E-state index is 0.0834. The maximum Gasteiger partial charge on any atom is 0.344 e. The van der Waals surface area contributed by atoms with E-state index in [0.29, 0.717) is 43.4 Å². The summed E-state index contributed by atoms with van der Waals surface area (Å²) in [6.07, 6.45) is 1.63. The van der Waals surface area contributed by atoms with Gasteiger partial charge in [0.05, 0.1) is 51.8 Å². The Hall–Kier alpha value is -2.92. The zero-order valence-corrected chi connectivity index (χ0v) is 30.2. The second-order valence-electron chi connectivity index (χ2n) is 9.78. The van der Waals surface area contributed by atoms with Crippen LogP contribution in [0.3, 0.4) is 0 Å². The summed E-state index contributed by atoms with van der Waals surface area (Å²) >= 11 is 5.52. The van der Waals surface area contributed by atoms with Gasteiger partial charge in [0.2, 0.25) is 0 Å². The molecule has 0 unspecified atom stereocenters. The number of fused-ring (bicyclic) bond motifs is 1. The van der Waals surface area contributed by atoms with Crippen molar-refractivity contribution < 1.29 is 33.3 Å². The molecule has 1 atom stereocenters. The molecule has 2 aromatic carbocycles. The van der Waals surface area contributed by atoms with Gasteiger partial charge < -0.3 is 23.7 Å². The molecular weight excluding hydrogens is 814 g/mol. The van der Waals surface area contributed by atoms with Crippen LogP contribution in [0.5, 0.6) is 17.2 Å². The molecule has 234 valence electrons. The van der Waals surface area contributed by atoms with Crippen molar-refractivity contribution in [3.05, 3.63) is 79.6 Å². The second kappa shape index (κ2) is 14.9. The summed E-state index contributed by atoms with van der Waals surface area (Å²) in [4.78, 5) is 44.6. The van der Waals surface area contributed by atoms with Crippen LogP contribution in [-0.4, -0.2) is 49.5 Å². The average Bonchev–Trinajstić information content (AvgIpc) is 3.25. The maximum atomic E-state index is 14.2. The third kappa shape index (κ3) is 7.47. The van der Waals surface area contributed by atoms with Gasteiger partial charge in [-0.25, -0.2) is 14.6 Å². The Kier molecular flexibility index (Phi) is 11.5. The van der Waals surface area contributed by atoms with Crippen molar-refractivity contribution >= 4 is 74.5 Å². The van der Waals surface area contributed by atoms with Crippen molar-refractivity contribution in [3.8, 4) is 17.2 Å². The van der Waals surface area contributed by atoms with Gasteiger partial charge in [0.25, 0.3) is 5.56 Å². The number of nitrogens with zero attached hydrogens (tertiary/aromatic N) is 2. The van der Waals surface area contributed by atoms with Crippen LogP contribution < -0.4 is 29.1 Å². The molecule has 0 bridgehead atoms. The number of hydrogen-bond acceptors (Lipinski definition) is 10. The fourth-order valence-electron chi connectivity index (χ4n) is 4.63. The minimum atomic E-state index is -0.829. The topological polar surface area (TPSA) is 115 Å². The van der Waals surface area contributed by atoms with Crippen molar-refractivity contribution in [1.29, 1.82) is 0 Å². The molecular formula is C31H32I2N2O8S. The SMILES string of the molecule is CCOC(=O)COc1c(I)cc(I)cc1/C=c1/sc2n(c1=O)[C@@H](c1ccc(OC(C)C)c(OC)c1)C(C(=O)OCC)=C(C)N=2. The van der Waals surface area contributed by atoms with Gasteiger partial charge in [-0.1, -0.05) is 17.4 Å². The summed E-state index contributed by atoms with van der Waals surface area (Å²) in [5.41, 5.74) is 1.60. The molecule has 0 radical (unpaired) electrons. The lowest BCUT2D eigenvalue weighted by molar-refractivity contribution is -0.145. The first-order valence-corrected chi connectivity index (χ1v) is 16.8. The summed E-state index contributed by atoms with van der Waals surface area (Å²) in [6.45, 7) is 9.15. The van der Waals surface area contributed by atoms with Gasteiger partial charge in [0.1, 0.15) is 5.75 Å². The van der Waals surface area contributed by atoms with Gasteiger partial charge in [-0.15, -0.1) is 0 Å². The number of allylic oxidation sites excluding steroid dienone is 1. The Morgan fingerprint density at radius 3 is 2.48 bits per heavy atom. The second-order valence-corrected chi connectivity index (χ2v) is 13.2. The first kappa shape index (κ1) is 34.0. The van der Waals surface area contributed by atoms with Gasteiger partial charge in [0.15, 0.2) is 22.9 Å². The monoisotopic (exact) mass is 846 g/mol. The summed E-state index contributed by atoms with van der Waals surface area (Å²) in [5.74, 6) is 0.412. The number of carbonyl (C=O) groups is 2. The van der Waals surface area contributed by atoms with Gasteiger partial charge >= 0.3 is 11.9 Å². The van der Waals surface area contributed by atoms with Crippen LogP contribution in [0.1, 0.15) is 51.8 Å². The van der Waals surface area contributed by atoms with Crippen molar-refractivity contribution in [2.45, 2.75) is 46.8 Å². The van der Waals surface area contributed by atoms with E-state index >= 15 is 0 Å². The van der Waals surface area contributed by atoms with Crippen LogP contribution in [0.2, 0.25) is 0 Å². The Morgan fingerprint density at radius 1 is 1.09 bits per heavy atom. The van der Waals surface area contributed by atoms with E-state index in [1.807, 2.05) is 32.0 Å². The van der Waals surface area contributed by atoms with E-state index in [0.717, 1.165) is 7.14 Å². The van der Waals surface area contributed by atoms with Crippen molar-refractivity contribution in [3.63, 3.8) is 0 Å². The zero-order chi connectivity index (χ0) is 32.1. The summed E-state index contributed by atoms with van der Waals surface area (Å²) < 4.78 is 31.4. The highest BCUT2D eigenvalue weighted by atomic mass is 127. The summed E-state index contributed by atoms with van der Waals surface area (Å²) in [6, 6.07) is 8.29. The van der Waals surface area contributed by atoms with E-state index in [4.69, 9.17) is 23.7 Å².